The molecule has 1 fully saturated rings. The van der Waals surface area contributed by atoms with Crippen LogP contribution < -0.4 is 15.5 Å². The number of nitrogens with zero attached hydrogens (tertiary/aromatic N) is 1. The van der Waals surface area contributed by atoms with E-state index in [0.29, 0.717) is 27.3 Å². The first-order valence-corrected chi connectivity index (χ1v) is 11.1. The lowest BCUT2D eigenvalue weighted by Crippen LogP contribution is -2.64. The number of hydrogen-bond acceptors (Lipinski definition) is 3. The summed E-state index contributed by atoms with van der Waals surface area (Å²) in [4.78, 5) is 27.8. The molecule has 158 valence electrons. The average Bonchev–Trinajstić information content (AvgIpc) is 2.73. The minimum atomic E-state index is -2.18. The Balaban J connectivity index is 1.80. The molecule has 1 aliphatic heterocycles. The van der Waals surface area contributed by atoms with Crippen molar-refractivity contribution in [2.75, 3.05) is 10.2 Å². The summed E-state index contributed by atoms with van der Waals surface area (Å²) >= 11 is 3.42. The predicted molar refractivity (Wildman–Crippen MR) is 120 cm³/mol. The first-order chi connectivity index (χ1) is 14.3. The van der Waals surface area contributed by atoms with E-state index < -0.39 is 17.7 Å². The van der Waals surface area contributed by atoms with Crippen LogP contribution in [-0.4, -0.2) is 23.1 Å². The number of aliphatic hydroxyl groups is 1. The smallest absolute Gasteiger partial charge is 0.329 e. The van der Waals surface area contributed by atoms with Crippen LogP contribution in [-0.2, 0) is 10.5 Å². The second kappa shape index (κ2) is 8.04. The maximum atomic E-state index is 13.6. The van der Waals surface area contributed by atoms with Crippen LogP contribution in [0.4, 0.5) is 16.2 Å². The number of carbonyl (C=O) groups excluding carboxylic acids is 2. The second-order valence-electron chi connectivity index (χ2n) is 8.31. The van der Waals surface area contributed by atoms with Crippen molar-refractivity contribution in [2.45, 2.75) is 44.9 Å². The molecule has 0 spiro atoms. The van der Waals surface area contributed by atoms with E-state index in [0.717, 1.165) is 24.2 Å². The normalized spacial score (nSPS) is 28.5. The third-order valence-electron chi connectivity index (χ3n) is 6.48. The van der Waals surface area contributed by atoms with E-state index in [2.05, 4.69) is 40.4 Å². The third kappa shape index (κ3) is 3.50. The molecular weight excluding hydrogens is 446 g/mol. The molecular formula is C23H26BrN3O3. The highest BCUT2D eigenvalue weighted by atomic mass is 79.9. The molecule has 2 aliphatic rings. The highest BCUT2D eigenvalue weighted by molar-refractivity contribution is 9.10. The van der Waals surface area contributed by atoms with Gasteiger partial charge in [-0.3, -0.25) is 9.69 Å². The fourth-order valence-electron chi connectivity index (χ4n) is 4.51. The number of hydrogen-bond donors (Lipinski definition) is 3. The van der Waals surface area contributed by atoms with Crippen LogP contribution in [0.25, 0.3) is 0 Å². The molecule has 1 heterocycles. The van der Waals surface area contributed by atoms with E-state index in [1.165, 1.54) is 0 Å². The molecule has 3 amide bonds. The highest BCUT2D eigenvalue weighted by Gasteiger charge is 2.52. The third-order valence-corrected chi connectivity index (χ3v) is 6.97. The summed E-state index contributed by atoms with van der Waals surface area (Å²) in [6.07, 6.45) is 3.02. The Bertz CT molecular complexity index is 967. The number of nitrogens with one attached hydrogen (secondary N) is 2. The van der Waals surface area contributed by atoms with E-state index in [-0.39, 0.29) is 12.0 Å². The Morgan fingerprint density at radius 1 is 1.20 bits per heavy atom. The van der Waals surface area contributed by atoms with Crippen LogP contribution in [0.1, 0.15) is 38.7 Å². The number of amides is 3. The van der Waals surface area contributed by atoms with E-state index >= 15 is 0 Å². The van der Waals surface area contributed by atoms with Gasteiger partial charge in [0.1, 0.15) is 0 Å². The van der Waals surface area contributed by atoms with Crippen molar-refractivity contribution in [2.24, 2.45) is 11.8 Å². The number of halogens is 1. The zero-order valence-corrected chi connectivity index (χ0v) is 18.6. The van der Waals surface area contributed by atoms with Gasteiger partial charge in [-0.1, -0.05) is 60.8 Å². The zero-order chi connectivity index (χ0) is 21.5. The standard InChI is InChI=1S/C23H26BrN3O3/c1-14-7-6-10-19(15(14)2)25-21(28)23(30)18-13-16(24)11-12-20(18)26-22(29)27(23)17-8-4-3-5-9-17/h3-5,8-9,11-15,19,30H,6-7,10H2,1-2H3,(H,25,28)(H,26,29)/t14-,15-,19+,23-/m1/s1. The first kappa shape index (κ1) is 20.9. The summed E-state index contributed by atoms with van der Waals surface area (Å²) < 4.78 is 0.705. The van der Waals surface area contributed by atoms with Crippen molar-refractivity contribution in [1.82, 2.24) is 5.32 Å². The topological polar surface area (TPSA) is 81.7 Å². The van der Waals surface area contributed by atoms with Gasteiger partial charge in [-0.2, -0.15) is 0 Å². The van der Waals surface area contributed by atoms with Crippen LogP contribution in [0, 0.1) is 11.8 Å². The number of benzene rings is 2. The molecule has 1 saturated carbocycles. The molecule has 2 aromatic carbocycles. The van der Waals surface area contributed by atoms with Crippen molar-refractivity contribution in [1.29, 1.82) is 0 Å². The molecule has 7 heteroatoms. The van der Waals surface area contributed by atoms with E-state index in [4.69, 9.17) is 0 Å². The summed E-state index contributed by atoms with van der Waals surface area (Å²) in [5.41, 5.74) is -1.00. The number of carbonyl (C=O) groups is 2. The number of para-hydroxylation sites is 1. The van der Waals surface area contributed by atoms with Gasteiger partial charge in [-0.25, -0.2) is 4.79 Å². The Hall–Kier alpha value is -2.38. The maximum absolute atomic E-state index is 13.6. The van der Waals surface area contributed by atoms with Crippen LogP contribution >= 0.6 is 15.9 Å². The van der Waals surface area contributed by atoms with Gasteiger partial charge in [0.25, 0.3) is 11.6 Å². The molecule has 0 saturated heterocycles. The summed E-state index contributed by atoms with van der Waals surface area (Å²) in [7, 11) is 0. The maximum Gasteiger partial charge on any atom is 0.329 e. The Morgan fingerprint density at radius 3 is 2.67 bits per heavy atom. The quantitative estimate of drug-likeness (QED) is 0.612. The van der Waals surface area contributed by atoms with E-state index in [1.54, 1.807) is 42.5 Å². The molecule has 0 unspecified atom stereocenters. The van der Waals surface area contributed by atoms with Crippen LogP contribution in [0.15, 0.2) is 53.0 Å². The van der Waals surface area contributed by atoms with Crippen LogP contribution in [0.3, 0.4) is 0 Å². The van der Waals surface area contributed by atoms with Gasteiger partial charge in [0.15, 0.2) is 0 Å². The van der Waals surface area contributed by atoms with E-state index in [1.807, 2.05) is 6.07 Å². The lowest BCUT2D eigenvalue weighted by Gasteiger charge is -2.44. The molecule has 6 nitrogen and oxygen atoms in total. The fourth-order valence-corrected chi connectivity index (χ4v) is 4.87. The van der Waals surface area contributed by atoms with Crippen molar-refractivity contribution < 1.29 is 14.7 Å². The summed E-state index contributed by atoms with van der Waals surface area (Å²) in [5.74, 6) is 0.183. The number of rotatable bonds is 3. The first-order valence-electron chi connectivity index (χ1n) is 10.3. The lowest BCUT2D eigenvalue weighted by atomic mass is 9.78. The van der Waals surface area contributed by atoms with Gasteiger partial charge >= 0.3 is 6.03 Å². The molecule has 0 radical (unpaired) electrons. The number of anilines is 2. The highest BCUT2D eigenvalue weighted by Crippen LogP contribution is 2.41. The minimum Gasteiger partial charge on any atom is -0.359 e. The van der Waals surface area contributed by atoms with Crippen molar-refractivity contribution in [3.05, 3.63) is 58.6 Å². The molecule has 2 aromatic rings. The van der Waals surface area contributed by atoms with Crippen LogP contribution in [0.5, 0.6) is 0 Å². The molecule has 4 atom stereocenters. The molecule has 1 aliphatic carbocycles. The van der Waals surface area contributed by atoms with Crippen LogP contribution in [0.2, 0.25) is 0 Å². The summed E-state index contributed by atoms with van der Waals surface area (Å²) in [5, 5.41) is 17.8. The second-order valence-corrected chi connectivity index (χ2v) is 9.23. The molecule has 30 heavy (non-hydrogen) atoms. The molecule has 3 N–H and O–H groups in total. The monoisotopic (exact) mass is 471 g/mol. The Kier molecular flexibility index (Phi) is 5.59. The van der Waals surface area contributed by atoms with Gasteiger partial charge in [-0.15, -0.1) is 0 Å². The molecule has 0 bridgehead atoms. The summed E-state index contributed by atoms with van der Waals surface area (Å²) in [6, 6.07) is 13.3. The average molecular weight is 472 g/mol. The fraction of sp³-hybridized carbons (Fsp3) is 0.391. The van der Waals surface area contributed by atoms with E-state index in [9.17, 15) is 14.7 Å². The Labute approximate surface area is 184 Å². The molecule has 4 rings (SSSR count). The summed E-state index contributed by atoms with van der Waals surface area (Å²) in [6.45, 7) is 4.32. The van der Waals surface area contributed by atoms with Crippen molar-refractivity contribution >= 4 is 39.2 Å². The van der Waals surface area contributed by atoms with Gasteiger partial charge in [0.2, 0.25) is 0 Å². The predicted octanol–water partition coefficient (Wildman–Crippen LogP) is 4.59. The van der Waals surface area contributed by atoms with Gasteiger partial charge < -0.3 is 15.7 Å². The number of fused-ring (bicyclic) bond motifs is 1. The lowest BCUT2D eigenvalue weighted by molar-refractivity contribution is -0.141. The molecule has 0 aromatic heterocycles. The van der Waals surface area contributed by atoms with Crippen molar-refractivity contribution in [3.8, 4) is 0 Å². The number of urea groups is 1. The Morgan fingerprint density at radius 2 is 1.93 bits per heavy atom. The van der Waals surface area contributed by atoms with Crippen molar-refractivity contribution in [3.63, 3.8) is 0 Å². The largest absolute Gasteiger partial charge is 0.359 e. The zero-order valence-electron chi connectivity index (χ0n) is 17.1. The van der Waals surface area contributed by atoms with Gasteiger partial charge in [-0.05, 0) is 48.6 Å². The van der Waals surface area contributed by atoms with Gasteiger partial charge in [0.05, 0.1) is 5.69 Å². The SMILES string of the molecule is C[C@@H]1[C@H](C)CCC[C@@H]1NC(=O)[C@]1(O)c2cc(Br)ccc2NC(=O)N1c1ccccc1. The van der Waals surface area contributed by atoms with Gasteiger partial charge in [0, 0.05) is 21.8 Å². The minimum absolute atomic E-state index is 0.0523.